The van der Waals surface area contributed by atoms with Gasteiger partial charge in [-0.3, -0.25) is 9.69 Å². The van der Waals surface area contributed by atoms with Crippen molar-refractivity contribution in [2.75, 3.05) is 26.6 Å². The van der Waals surface area contributed by atoms with Gasteiger partial charge in [-0.25, -0.2) is 9.37 Å². The van der Waals surface area contributed by atoms with Crippen LogP contribution in [0.4, 0.5) is 13.2 Å². The third kappa shape index (κ3) is 3.24. The Bertz CT molecular complexity index is 1470. The summed E-state index contributed by atoms with van der Waals surface area (Å²) in [6.45, 7) is -4.74. The summed E-state index contributed by atoms with van der Waals surface area (Å²) in [5.74, 6) is 5.50. The minimum atomic E-state index is -3.12. The number of hydrogen-bond acceptors (Lipinski definition) is 4. The number of amides is 1. The van der Waals surface area contributed by atoms with E-state index in [2.05, 4.69) is 16.8 Å². The Morgan fingerprint density at radius 2 is 2.12 bits per heavy atom. The summed E-state index contributed by atoms with van der Waals surface area (Å²) in [5, 5.41) is 0. The Kier molecular flexibility index (Phi) is 4.09. The number of carbonyl (C=O) groups excluding carboxylic acids is 1. The molecule has 2 atom stereocenters. The van der Waals surface area contributed by atoms with Crippen LogP contribution in [-0.2, 0) is 0 Å². The number of carbonyl (C=O) groups is 1. The number of nitrogens with zero attached hydrogens (tertiary/aromatic N) is 4. The molecule has 1 amide bonds. The Morgan fingerprint density at radius 1 is 1.26 bits per heavy atom. The summed E-state index contributed by atoms with van der Waals surface area (Å²) in [6, 6.07) is 7.98. The van der Waals surface area contributed by atoms with E-state index in [0.29, 0.717) is 42.1 Å². The van der Waals surface area contributed by atoms with Gasteiger partial charge in [-0.15, -0.1) is 0 Å². The van der Waals surface area contributed by atoms with Crippen molar-refractivity contribution in [1.29, 1.82) is 0 Å². The lowest BCUT2D eigenvalue weighted by atomic mass is 9.97. The van der Waals surface area contributed by atoms with E-state index in [1.54, 1.807) is 16.7 Å². The van der Waals surface area contributed by atoms with Gasteiger partial charge in [-0.05, 0) is 30.3 Å². The molecule has 6 rings (SSSR count). The maximum Gasteiger partial charge on any atom is 0.387 e. The van der Waals surface area contributed by atoms with Crippen LogP contribution in [0.15, 0.2) is 36.4 Å². The van der Waals surface area contributed by atoms with Crippen LogP contribution in [0.3, 0.4) is 0 Å². The molecule has 174 valence electrons. The maximum atomic E-state index is 13.5. The first-order chi connectivity index (χ1) is 17.6. The van der Waals surface area contributed by atoms with Crippen molar-refractivity contribution in [1.82, 2.24) is 19.4 Å². The number of ether oxygens (including phenoxy) is 1. The van der Waals surface area contributed by atoms with E-state index in [9.17, 15) is 18.0 Å². The van der Waals surface area contributed by atoms with Gasteiger partial charge >= 0.3 is 6.61 Å². The van der Waals surface area contributed by atoms with E-state index in [0.717, 1.165) is 4.90 Å². The summed E-state index contributed by atoms with van der Waals surface area (Å²) in [6.07, 6.45) is -0.659. The molecule has 4 heterocycles. The fourth-order valence-electron chi connectivity index (χ4n) is 5.08. The van der Waals surface area contributed by atoms with E-state index < -0.39 is 37.7 Å². The molecule has 2 bridgehead atoms. The van der Waals surface area contributed by atoms with Crippen LogP contribution in [-0.4, -0.2) is 64.7 Å². The second-order valence-electron chi connectivity index (χ2n) is 8.67. The molecule has 0 radical (unpaired) electrons. The molecule has 1 saturated heterocycles. The zero-order chi connectivity index (χ0) is 26.1. The SMILES string of the molecule is [2H]C([2H])([2H])N1C(=O)c2cccc(OC(F)F)c2[C@H]2C[C@@H]1c1nc3ccc(C#CCN4CC(F)C4)cc3n12. The molecule has 0 spiro atoms. The smallest absolute Gasteiger partial charge is 0.387 e. The third-order valence-corrected chi connectivity index (χ3v) is 6.60. The average molecular weight is 469 g/mol. The first-order valence-electron chi connectivity index (χ1n) is 12.4. The van der Waals surface area contributed by atoms with Gasteiger partial charge in [0.25, 0.3) is 5.91 Å². The van der Waals surface area contributed by atoms with E-state index in [1.165, 1.54) is 18.2 Å². The first kappa shape index (κ1) is 17.9. The van der Waals surface area contributed by atoms with Crippen LogP contribution < -0.4 is 4.74 Å². The zero-order valence-electron chi connectivity index (χ0n) is 20.8. The second kappa shape index (κ2) is 7.77. The van der Waals surface area contributed by atoms with Crippen LogP contribution in [0, 0.1) is 11.8 Å². The van der Waals surface area contributed by atoms with Crippen molar-refractivity contribution >= 4 is 16.9 Å². The maximum absolute atomic E-state index is 13.5. The molecule has 0 aliphatic carbocycles. The molecule has 0 unspecified atom stereocenters. The van der Waals surface area contributed by atoms with Crippen LogP contribution in [0.25, 0.3) is 11.0 Å². The molecule has 0 saturated carbocycles. The van der Waals surface area contributed by atoms with Gasteiger partial charge in [0.2, 0.25) is 0 Å². The number of benzene rings is 2. The van der Waals surface area contributed by atoms with Gasteiger partial charge in [0.1, 0.15) is 17.7 Å². The van der Waals surface area contributed by atoms with Gasteiger partial charge in [-0.2, -0.15) is 8.78 Å². The highest BCUT2D eigenvalue weighted by atomic mass is 19.3. The fraction of sp³-hybridized carbons (Fsp3) is 0.360. The number of rotatable bonds is 3. The number of fused-ring (bicyclic) bond motifs is 9. The molecule has 3 aliphatic rings. The van der Waals surface area contributed by atoms with Crippen LogP contribution >= 0.6 is 0 Å². The minimum Gasteiger partial charge on any atom is -0.434 e. The molecular formula is C25H21F3N4O2. The number of halogens is 3. The highest BCUT2D eigenvalue weighted by Crippen LogP contribution is 2.49. The number of aromatic nitrogens is 2. The van der Waals surface area contributed by atoms with Gasteiger partial charge < -0.3 is 14.2 Å². The van der Waals surface area contributed by atoms with E-state index in [-0.39, 0.29) is 23.3 Å². The summed E-state index contributed by atoms with van der Waals surface area (Å²) < 4.78 is 70.4. The van der Waals surface area contributed by atoms with Crippen molar-refractivity contribution < 1.29 is 26.8 Å². The number of imidazole rings is 1. The highest BCUT2D eigenvalue weighted by molar-refractivity contribution is 5.97. The molecule has 3 aliphatic heterocycles. The number of alkyl halides is 3. The van der Waals surface area contributed by atoms with Gasteiger partial charge in [0, 0.05) is 47.3 Å². The standard InChI is InChI=1S/C25H21F3N4O2/c1-30-20-11-19(22-16(24(30)33)5-2-6-21(22)34-25(27)28)32-18-10-14(7-8-17(18)29-23(20)32)4-3-9-31-12-15(26)13-31/h2,5-8,10,15,19-20,25H,9,11-13H2,1H3/t19-,20-/m1/s1/i1D3. The van der Waals surface area contributed by atoms with E-state index in [4.69, 9.17) is 8.85 Å². The first-order valence-corrected chi connectivity index (χ1v) is 10.9. The quantitative estimate of drug-likeness (QED) is 0.549. The third-order valence-electron chi connectivity index (χ3n) is 6.60. The molecule has 0 N–H and O–H groups in total. The van der Waals surface area contributed by atoms with Crippen LogP contribution in [0.1, 0.15) is 49.9 Å². The van der Waals surface area contributed by atoms with Crippen molar-refractivity contribution in [2.24, 2.45) is 0 Å². The molecule has 9 heteroatoms. The normalized spacial score (nSPS) is 23.4. The topological polar surface area (TPSA) is 50.6 Å². The second-order valence-corrected chi connectivity index (χ2v) is 8.67. The minimum absolute atomic E-state index is 0.00550. The monoisotopic (exact) mass is 469 g/mol. The summed E-state index contributed by atoms with van der Waals surface area (Å²) in [5.41, 5.74) is 2.09. The Morgan fingerprint density at radius 3 is 2.88 bits per heavy atom. The number of hydrogen-bond donors (Lipinski definition) is 0. The molecule has 6 nitrogen and oxygen atoms in total. The average Bonchev–Trinajstić information content (AvgIpc) is 3.29. The highest BCUT2D eigenvalue weighted by Gasteiger charge is 2.45. The van der Waals surface area contributed by atoms with Gasteiger partial charge in [-0.1, -0.05) is 17.9 Å². The van der Waals surface area contributed by atoms with Crippen LogP contribution in [0.5, 0.6) is 5.75 Å². The predicted octanol–water partition coefficient (Wildman–Crippen LogP) is 3.76. The zero-order valence-corrected chi connectivity index (χ0v) is 17.8. The Labute approximate surface area is 198 Å². The summed E-state index contributed by atoms with van der Waals surface area (Å²) in [4.78, 5) is 20.8. The lowest BCUT2D eigenvalue weighted by Gasteiger charge is -2.32. The van der Waals surface area contributed by atoms with Crippen LogP contribution in [0.2, 0.25) is 0 Å². The Balaban J connectivity index is 1.50. The summed E-state index contributed by atoms with van der Waals surface area (Å²) in [7, 11) is 0. The molecule has 2 aromatic carbocycles. The lowest BCUT2D eigenvalue weighted by Crippen LogP contribution is -2.48. The summed E-state index contributed by atoms with van der Waals surface area (Å²) >= 11 is 0. The molecule has 3 aromatic rings. The van der Waals surface area contributed by atoms with Gasteiger partial charge in [0.05, 0.1) is 29.7 Å². The van der Waals surface area contributed by atoms with E-state index in [1.807, 2.05) is 11.0 Å². The van der Waals surface area contributed by atoms with Crippen molar-refractivity contribution in [3.8, 4) is 17.6 Å². The Hall–Kier alpha value is -3.51. The van der Waals surface area contributed by atoms with Gasteiger partial charge in [0.15, 0.2) is 0 Å². The molecule has 1 aromatic heterocycles. The van der Waals surface area contributed by atoms with E-state index >= 15 is 0 Å². The molecule has 1 fully saturated rings. The van der Waals surface area contributed by atoms with Crippen molar-refractivity contribution in [2.45, 2.75) is 31.3 Å². The fourth-order valence-corrected chi connectivity index (χ4v) is 5.08. The molecular weight excluding hydrogens is 445 g/mol. The molecule has 34 heavy (non-hydrogen) atoms. The van der Waals surface area contributed by atoms with Crippen molar-refractivity contribution in [3.05, 3.63) is 58.9 Å². The predicted molar refractivity (Wildman–Crippen MR) is 119 cm³/mol. The number of likely N-dealkylation sites (tertiary alicyclic amines) is 1. The largest absolute Gasteiger partial charge is 0.434 e. The lowest BCUT2D eigenvalue weighted by molar-refractivity contribution is -0.0507. The van der Waals surface area contributed by atoms with Crippen molar-refractivity contribution in [3.63, 3.8) is 0 Å².